The lowest BCUT2D eigenvalue weighted by Crippen LogP contribution is -2.29. The summed E-state index contributed by atoms with van der Waals surface area (Å²) in [5.74, 6) is -1.27. The standard InChI is InChI=1S/C12H13N3O5/c16-11-3-5-14(6-4-13-11)10-7-8(15(19)20)1-2-9(10)12(17)18/h1-2,7H,3-6H2,(H,13,16)(H,17,18). The number of non-ortho nitro benzene ring substituents is 1. The Hall–Kier alpha value is -2.64. The minimum atomic E-state index is -1.15. The molecule has 1 aliphatic heterocycles. The second kappa shape index (κ2) is 5.55. The van der Waals surface area contributed by atoms with Gasteiger partial charge in [-0.1, -0.05) is 0 Å². The summed E-state index contributed by atoms with van der Waals surface area (Å²) in [5.41, 5.74) is 0.0849. The number of benzene rings is 1. The molecule has 1 amide bonds. The zero-order chi connectivity index (χ0) is 14.7. The van der Waals surface area contributed by atoms with Gasteiger partial charge in [-0.15, -0.1) is 0 Å². The van der Waals surface area contributed by atoms with Gasteiger partial charge in [-0.25, -0.2) is 4.79 Å². The highest BCUT2D eigenvalue weighted by Crippen LogP contribution is 2.26. The van der Waals surface area contributed by atoms with Gasteiger partial charge in [-0.05, 0) is 6.07 Å². The predicted molar refractivity (Wildman–Crippen MR) is 69.9 cm³/mol. The summed E-state index contributed by atoms with van der Waals surface area (Å²) in [6, 6.07) is 3.61. The van der Waals surface area contributed by atoms with Crippen molar-refractivity contribution in [1.82, 2.24) is 5.32 Å². The van der Waals surface area contributed by atoms with Crippen LogP contribution in [0.5, 0.6) is 0 Å². The first-order chi connectivity index (χ1) is 9.49. The van der Waals surface area contributed by atoms with Crippen LogP contribution in [0.1, 0.15) is 16.8 Å². The predicted octanol–water partition coefficient (Wildman–Crippen LogP) is 0.619. The molecule has 1 saturated heterocycles. The monoisotopic (exact) mass is 279 g/mol. The molecule has 0 spiro atoms. The summed E-state index contributed by atoms with van der Waals surface area (Å²) in [6.45, 7) is 1.11. The van der Waals surface area contributed by atoms with E-state index in [0.29, 0.717) is 19.6 Å². The molecule has 0 radical (unpaired) electrons. The van der Waals surface area contributed by atoms with E-state index in [1.54, 1.807) is 4.90 Å². The Balaban J connectivity index is 2.40. The Bertz CT molecular complexity index is 572. The Morgan fingerprint density at radius 1 is 1.40 bits per heavy atom. The number of nitro groups is 1. The topological polar surface area (TPSA) is 113 Å². The molecule has 8 nitrogen and oxygen atoms in total. The van der Waals surface area contributed by atoms with E-state index < -0.39 is 10.9 Å². The van der Waals surface area contributed by atoms with Crippen molar-refractivity contribution < 1.29 is 19.6 Å². The Kier molecular flexibility index (Phi) is 3.83. The smallest absolute Gasteiger partial charge is 0.337 e. The van der Waals surface area contributed by atoms with Crippen LogP contribution >= 0.6 is 0 Å². The number of nitrogens with zero attached hydrogens (tertiary/aromatic N) is 2. The van der Waals surface area contributed by atoms with E-state index in [9.17, 15) is 19.7 Å². The summed E-state index contributed by atoms with van der Waals surface area (Å²) in [6.07, 6.45) is 0.224. The molecule has 0 atom stereocenters. The highest BCUT2D eigenvalue weighted by atomic mass is 16.6. The van der Waals surface area contributed by atoms with Gasteiger partial charge in [0.1, 0.15) is 0 Å². The number of anilines is 1. The zero-order valence-corrected chi connectivity index (χ0v) is 10.5. The molecule has 8 heteroatoms. The number of hydrogen-bond acceptors (Lipinski definition) is 5. The third kappa shape index (κ3) is 2.85. The number of carboxylic acids is 1. The lowest BCUT2D eigenvalue weighted by Gasteiger charge is -2.23. The third-order valence-corrected chi connectivity index (χ3v) is 3.08. The van der Waals surface area contributed by atoms with E-state index in [1.165, 1.54) is 12.1 Å². The number of carboxylic acid groups (broad SMARTS) is 1. The van der Waals surface area contributed by atoms with Gasteiger partial charge < -0.3 is 15.3 Å². The SMILES string of the molecule is O=C1CCN(c2cc([N+](=O)[O-])ccc2C(=O)O)CCN1. The molecule has 1 aromatic carbocycles. The molecule has 0 unspecified atom stereocenters. The fraction of sp³-hybridized carbons (Fsp3) is 0.333. The van der Waals surface area contributed by atoms with Crippen molar-refractivity contribution in [3.8, 4) is 0 Å². The van der Waals surface area contributed by atoms with E-state index in [4.69, 9.17) is 5.11 Å². The van der Waals surface area contributed by atoms with Crippen LogP contribution in [0, 0.1) is 10.1 Å². The van der Waals surface area contributed by atoms with Crippen LogP contribution in [-0.2, 0) is 4.79 Å². The number of aromatic carboxylic acids is 1. The first-order valence-electron chi connectivity index (χ1n) is 6.02. The van der Waals surface area contributed by atoms with Crippen molar-refractivity contribution >= 4 is 23.3 Å². The minimum Gasteiger partial charge on any atom is -0.478 e. The molecular weight excluding hydrogens is 266 g/mol. The summed E-state index contributed by atoms with van der Waals surface area (Å²) in [7, 11) is 0. The molecule has 1 heterocycles. The number of hydrogen-bond donors (Lipinski definition) is 2. The number of nitro benzene ring substituents is 1. The molecule has 1 aliphatic rings. The van der Waals surface area contributed by atoms with Gasteiger partial charge in [0, 0.05) is 38.2 Å². The van der Waals surface area contributed by atoms with Crippen LogP contribution in [0.3, 0.4) is 0 Å². The largest absolute Gasteiger partial charge is 0.478 e. The molecule has 1 aromatic rings. The minimum absolute atomic E-state index is 0.00931. The van der Waals surface area contributed by atoms with Gasteiger partial charge in [0.2, 0.25) is 5.91 Å². The number of rotatable bonds is 3. The van der Waals surface area contributed by atoms with Crippen LogP contribution in [0.15, 0.2) is 18.2 Å². The van der Waals surface area contributed by atoms with Gasteiger partial charge in [0.15, 0.2) is 0 Å². The van der Waals surface area contributed by atoms with Crippen molar-refractivity contribution in [3.05, 3.63) is 33.9 Å². The molecular formula is C12H13N3O5. The molecule has 0 aliphatic carbocycles. The fourth-order valence-corrected chi connectivity index (χ4v) is 2.08. The fourth-order valence-electron chi connectivity index (χ4n) is 2.08. The molecule has 2 N–H and O–H groups in total. The van der Waals surface area contributed by atoms with E-state index in [1.807, 2.05) is 0 Å². The van der Waals surface area contributed by atoms with Gasteiger partial charge in [0.25, 0.3) is 5.69 Å². The lowest BCUT2D eigenvalue weighted by molar-refractivity contribution is -0.384. The van der Waals surface area contributed by atoms with Crippen LogP contribution in [0.2, 0.25) is 0 Å². The lowest BCUT2D eigenvalue weighted by atomic mass is 10.1. The van der Waals surface area contributed by atoms with Gasteiger partial charge in [0.05, 0.1) is 16.2 Å². The maximum Gasteiger partial charge on any atom is 0.337 e. The van der Waals surface area contributed by atoms with Crippen molar-refractivity contribution in [1.29, 1.82) is 0 Å². The van der Waals surface area contributed by atoms with E-state index in [0.717, 1.165) is 6.07 Å². The van der Waals surface area contributed by atoms with Gasteiger partial charge in [-0.2, -0.15) is 0 Å². The normalized spacial score (nSPS) is 15.4. The maximum absolute atomic E-state index is 11.3. The average Bonchev–Trinajstić information content (AvgIpc) is 2.62. The van der Waals surface area contributed by atoms with E-state index in [-0.39, 0.29) is 29.3 Å². The second-order valence-corrected chi connectivity index (χ2v) is 4.35. The second-order valence-electron chi connectivity index (χ2n) is 4.35. The maximum atomic E-state index is 11.3. The molecule has 20 heavy (non-hydrogen) atoms. The first kappa shape index (κ1) is 13.8. The van der Waals surface area contributed by atoms with Crippen molar-refractivity contribution in [2.75, 3.05) is 24.5 Å². The molecule has 0 bridgehead atoms. The van der Waals surface area contributed by atoms with Crippen LogP contribution in [0.25, 0.3) is 0 Å². The van der Waals surface area contributed by atoms with Crippen LogP contribution < -0.4 is 10.2 Å². The molecule has 0 saturated carbocycles. The van der Waals surface area contributed by atoms with Crippen LogP contribution in [-0.4, -0.2) is 41.5 Å². The Morgan fingerprint density at radius 3 is 2.80 bits per heavy atom. The molecule has 0 aromatic heterocycles. The summed E-state index contributed by atoms with van der Waals surface area (Å²) < 4.78 is 0. The van der Waals surface area contributed by atoms with E-state index >= 15 is 0 Å². The van der Waals surface area contributed by atoms with Crippen molar-refractivity contribution in [2.45, 2.75) is 6.42 Å². The number of carbonyl (C=O) groups is 2. The quantitative estimate of drug-likeness (QED) is 0.619. The third-order valence-electron chi connectivity index (χ3n) is 3.08. The molecule has 1 fully saturated rings. The Morgan fingerprint density at radius 2 is 2.15 bits per heavy atom. The molecule has 2 rings (SSSR count). The molecule has 106 valence electrons. The summed E-state index contributed by atoms with van der Waals surface area (Å²) >= 11 is 0. The van der Waals surface area contributed by atoms with Crippen LogP contribution in [0.4, 0.5) is 11.4 Å². The van der Waals surface area contributed by atoms with E-state index in [2.05, 4.69) is 5.32 Å². The van der Waals surface area contributed by atoms with Crippen molar-refractivity contribution in [3.63, 3.8) is 0 Å². The highest BCUT2D eigenvalue weighted by molar-refractivity contribution is 5.95. The summed E-state index contributed by atoms with van der Waals surface area (Å²) in [4.78, 5) is 34.4. The average molecular weight is 279 g/mol. The van der Waals surface area contributed by atoms with Gasteiger partial charge in [-0.3, -0.25) is 14.9 Å². The first-order valence-corrected chi connectivity index (χ1v) is 6.02. The summed E-state index contributed by atoms with van der Waals surface area (Å²) in [5, 5.41) is 22.6. The highest BCUT2D eigenvalue weighted by Gasteiger charge is 2.22. The number of nitrogens with one attached hydrogen (secondary N) is 1. The Labute approximate surface area is 114 Å². The van der Waals surface area contributed by atoms with Crippen molar-refractivity contribution in [2.24, 2.45) is 0 Å². The number of carbonyl (C=O) groups excluding carboxylic acids is 1. The zero-order valence-electron chi connectivity index (χ0n) is 10.5. The number of amides is 1. The van der Waals surface area contributed by atoms with Gasteiger partial charge >= 0.3 is 5.97 Å².